The number of carbonyl (C=O) groups is 1. The Morgan fingerprint density at radius 2 is 1.96 bits per heavy atom. The highest BCUT2D eigenvalue weighted by atomic mass is 32.1. The van der Waals surface area contributed by atoms with Crippen LogP contribution in [-0.4, -0.2) is 21.1 Å². The van der Waals surface area contributed by atoms with Crippen molar-refractivity contribution in [3.63, 3.8) is 0 Å². The number of hydrogen-bond acceptors (Lipinski definition) is 6. The van der Waals surface area contributed by atoms with Gasteiger partial charge in [0.2, 0.25) is 5.13 Å². The van der Waals surface area contributed by atoms with E-state index in [1.807, 2.05) is 0 Å². The minimum Gasteiger partial charge on any atom is -0.296 e. The molecule has 0 atom stereocenters. The molecule has 0 saturated heterocycles. The molecule has 1 N–H and O–H groups in total. The fourth-order valence-electron chi connectivity index (χ4n) is 2.26. The molecule has 5 nitrogen and oxygen atoms in total. The summed E-state index contributed by atoms with van der Waals surface area (Å²) >= 11 is 2.71. The first-order valence-corrected chi connectivity index (χ1v) is 9.11. The smallest absolute Gasteiger partial charge is 0.269 e. The van der Waals surface area contributed by atoms with E-state index in [-0.39, 0.29) is 11.7 Å². The third-order valence-electron chi connectivity index (χ3n) is 3.68. The molecular formula is C16H13FN4OS2. The van der Waals surface area contributed by atoms with Crippen LogP contribution >= 0.6 is 22.7 Å². The number of nitrogens with one attached hydrogen (secondary N) is 1. The molecular weight excluding hydrogens is 347 g/mol. The van der Waals surface area contributed by atoms with Gasteiger partial charge in [-0.15, -0.1) is 21.5 Å². The van der Waals surface area contributed by atoms with E-state index in [9.17, 15) is 9.18 Å². The van der Waals surface area contributed by atoms with Crippen molar-refractivity contribution in [1.82, 2.24) is 15.2 Å². The van der Waals surface area contributed by atoms with Crippen LogP contribution in [0.1, 0.15) is 39.1 Å². The number of aryl methyl sites for hydroxylation is 1. The van der Waals surface area contributed by atoms with E-state index in [4.69, 9.17) is 0 Å². The summed E-state index contributed by atoms with van der Waals surface area (Å²) in [6.07, 6.45) is 2.30. The Hall–Kier alpha value is -2.19. The molecule has 2 heterocycles. The van der Waals surface area contributed by atoms with Crippen molar-refractivity contribution in [2.75, 3.05) is 5.32 Å². The van der Waals surface area contributed by atoms with Gasteiger partial charge in [-0.05, 0) is 44.0 Å². The Morgan fingerprint density at radius 1 is 1.21 bits per heavy atom. The standard InChI is InChI=1S/C16H13FN4OS2/c1-8-12(23-14(18-8)9-4-6-11(17)7-5-9)13(22)19-16-21-20-15(24-16)10-2-3-10/h4-7,10H,2-3H2,1H3,(H,19,21,22). The van der Waals surface area contributed by atoms with Crippen LogP contribution in [0.2, 0.25) is 0 Å². The molecule has 0 bridgehead atoms. The first-order chi connectivity index (χ1) is 11.6. The highest BCUT2D eigenvalue weighted by molar-refractivity contribution is 7.17. The number of hydrogen-bond donors (Lipinski definition) is 1. The Kier molecular flexibility index (Phi) is 3.85. The van der Waals surface area contributed by atoms with Crippen molar-refractivity contribution in [3.8, 4) is 10.6 Å². The van der Waals surface area contributed by atoms with Gasteiger partial charge in [0, 0.05) is 11.5 Å². The van der Waals surface area contributed by atoms with Crippen molar-refractivity contribution in [3.05, 3.63) is 45.7 Å². The van der Waals surface area contributed by atoms with E-state index in [1.54, 1.807) is 19.1 Å². The zero-order valence-electron chi connectivity index (χ0n) is 12.7. The van der Waals surface area contributed by atoms with Gasteiger partial charge in [-0.3, -0.25) is 10.1 Å². The van der Waals surface area contributed by atoms with Gasteiger partial charge >= 0.3 is 0 Å². The highest BCUT2D eigenvalue weighted by Gasteiger charge is 2.28. The summed E-state index contributed by atoms with van der Waals surface area (Å²) in [5.41, 5.74) is 1.43. The minimum atomic E-state index is -0.298. The van der Waals surface area contributed by atoms with Gasteiger partial charge in [0.1, 0.15) is 20.7 Å². The molecule has 1 aliphatic carbocycles. The molecule has 2 aromatic heterocycles. The van der Waals surface area contributed by atoms with Gasteiger partial charge in [0.25, 0.3) is 5.91 Å². The quantitative estimate of drug-likeness (QED) is 0.756. The molecule has 1 amide bonds. The number of anilines is 1. The molecule has 0 aliphatic heterocycles. The van der Waals surface area contributed by atoms with Crippen LogP contribution in [0.5, 0.6) is 0 Å². The van der Waals surface area contributed by atoms with Crippen LogP contribution in [0, 0.1) is 12.7 Å². The predicted molar refractivity (Wildman–Crippen MR) is 92.1 cm³/mol. The van der Waals surface area contributed by atoms with Crippen LogP contribution in [0.25, 0.3) is 10.6 Å². The normalized spacial score (nSPS) is 13.9. The van der Waals surface area contributed by atoms with Crippen molar-refractivity contribution in [2.24, 2.45) is 0 Å². The van der Waals surface area contributed by atoms with Crippen molar-refractivity contribution in [1.29, 1.82) is 0 Å². The molecule has 8 heteroatoms. The van der Waals surface area contributed by atoms with Crippen LogP contribution in [-0.2, 0) is 0 Å². The fraction of sp³-hybridized carbons (Fsp3) is 0.250. The second-order valence-electron chi connectivity index (χ2n) is 5.61. The summed E-state index contributed by atoms with van der Waals surface area (Å²) in [5.74, 6) is -0.0204. The van der Waals surface area contributed by atoms with E-state index >= 15 is 0 Å². The number of halogens is 1. The number of carbonyl (C=O) groups excluding carboxylic acids is 1. The molecule has 1 aromatic carbocycles. The summed E-state index contributed by atoms with van der Waals surface area (Å²) in [7, 11) is 0. The maximum Gasteiger partial charge on any atom is 0.269 e. The molecule has 1 saturated carbocycles. The number of benzene rings is 1. The van der Waals surface area contributed by atoms with Gasteiger partial charge < -0.3 is 0 Å². The van der Waals surface area contributed by atoms with Crippen molar-refractivity contribution in [2.45, 2.75) is 25.7 Å². The maximum absolute atomic E-state index is 13.0. The molecule has 1 fully saturated rings. The molecule has 0 spiro atoms. The third-order valence-corrected chi connectivity index (χ3v) is 5.89. The van der Waals surface area contributed by atoms with Crippen molar-refractivity contribution < 1.29 is 9.18 Å². The Bertz CT molecular complexity index is 899. The van der Waals surface area contributed by atoms with Crippen LogP contribution in [0.3, 0.4) is 0 Å². The minimum absolute atomic E-state index is 0.239. The number of amides is 1. The lowest BCUT2D eigenvalue weighted by molar-refractivity contribution is 0.102. The van der Waals surface area contributed by atoms with Gasteiger partial charge in [-0.2, -0.15) is 0 Å². The van der Waals surface area contributed by atoms with Gasteiger partial charge in [0.05, 0.1) is 5.69 Å². The fourth-order valence-corrected chi connectivity index (χ4v) is 4.13. The lowest BCUT2D eigenvalue weighted by atomic mass is 10.2. The molecule has 3 aromatic rings. The van der Waals surface area contributed by atoms with E-state index in [0.29, 0.717) is 26.6 Å². The monoisotopic (exact) mass is 360 g/mol. The largest absolute Gasteiger partial charge is 0.296 e. The van der Waals surface area contributed by atoms with Crippen LogP contribution in [0.15, 0.2) is 24.3 Å². The van der Waals surface area contributed by atoms with Crippen LogP contribution < -0.4 is 5.32 Å². The van der Waals surface area contributed by atoms with E-state index in [0.717, 1.165) is 23.4 Å². The molecule has 122 valence electrons. The van der Waals surface area contributed by atoms with Crippen molar-refractivity contribution >= 4 is 33.7 Å². The summed E-state index contributed by atoms with van der Waals surface area (Å²) in [6.45, 7) is 1.79. The van der Waals surface area contributed by atoms with Gasteiger partial charge in [0.15, 0.2) is 0 Å². The van der Waals surface area contributed by atoms with Crippen LogP contribution in [0.4, 0.5) is 9.52 Å². The lowest BCUT2D eigenvalue weighted by Gasteiger charge is -1.98. The first kappa shape index (κ1) is 15.3. The summed E-state index contributed by atoms with van der Waals surface area (Å²) < 4.78 is 13.0. The Balaban J connectivity index is 1.54. The summed E-state index contributed by atoms with van der Waals surface area (Å²) in [6, 6.07) is 6.07. The van der Waals surface area contributed by atoms with E-state index < -0.39 is 0 Å². The topological polar surface area (TPSA) is 67.8 Å². The lowest BCUT2D eigenvalue weighted by Crippen LogP contribution is -2.11. The second-order valence-corrected chi connectivity index (χ2v) is 7.62. The average molecular weight is 360 g/mol. The number of aromatic nitrogens is 3. The maximum atomic E-state index is 13.0. The van der Waals surface area contributed by atoms with E-state index in [1.165, 1.54) is 34.8 Å². The third kappa shape index (κ3) is 3.07. The van der Waals surface area contributed by atoms with Gasteiger partial charge in [-0.25, -0.2) is 9.37 Å². The summed E-state index contributed by atoms with van der Waals surface area (Å²) in [4.78, 5) is 17.4. The average Bonchev–Trinajstić information content (AvgIpc) is 3.19. The summed E-state index contributed by atoms with van der Waals surface area (Å²) in [5, 5.41) is 13.1. The molecule has 0 radical (unpaired) electrons. The molecule has 24 heavy (non-hydrogen) atoms. The second kappa shape index (κ2) is 6.03. The SMILES string of the molecule is Cc1nc(-c2ccc(F)cc2)sc1C(=O)Nc1nnc(C2CC2)s1. The predicted octanol–water partition coefficient (Wildman–Crippen LogP) is 4.24. The Labute approximate surface area is 145 Å². The Morgan fingerprint density at radius 3 is 2.67 bits per heavy atom. The first-order valence-electron chi connectivity index (χ1n) is 7.48. The molecule has 4 rings (SSSR count). The highest BCUT2D eigenvalue weighted by Crippen LogP contribution is 2.42. The van der Waals surface area contributed by atoms with E-state index in [2.05, 4.69) is 20.5 Å². The number of nitrogens with zero attached hydrogens (tertiary/aromatic N) is 3. The van der Waals surface area contributed by atoms with Gasteiger partial charge in [-0.1, -0.05) is 11.3 Å². The number of thiazole rings is 1. The zero-order valence-corrected chi connectivity index (χ0v) is 14.4. The zero-order chi connectivity index (χ0) is 16.7. The molecule has 1 aliphatic rings. The number of rotatable bonds is 4. The molecule has 0 unspecified atom stereocenters.